The smallest absolute Gasteiger partial charge is 0.313 e. The van der Waals surface area contributed by atoms with Crippen molar-refractivity contribution in [3.05, 3.63) is 38.5 Å². The van der Waals surface area contributed by atoms with E-state index in [0.29, 0.717) is 23.7 Å². The third-order valence-electron chi connectivity index (χ3n) is 2.88. The van der Waals surface area contributed by atoms with Gasteiger partial charge in [-0.2, -0.15) is 0 Å². The molecule has 9 nitrogen and oxygen atoms in total. The summed E-state index contributed by atoms with van der Waals surface area (Å²) >= 11 is 2.97. The predicted molar refractivity (Wildman–Crippen MR) is 93.8 cm³/mol. The zero-order valence-electron chi connectivity index (χ0n) is 12.4. The van der Waals surface area contributed by atoms with Gasteiger partial charge >= 0.3 is 5.69 Å². The van der Waals surface area contributed by atoms with Crippen LogP contribution in [0.15, 0.2) is 22.1 Å². The SMILES string of the molecule is Cc1c[nH]c(NCCSC(N=C(N)N)c2cscn2)c1[N+](=O)[O-]. The number of nitrogens with one attached hydrogen (secondary N) is 2. The van der Waals surface area contributed by atoms with Crippen molar-refractivity contribution < 1.29 is 4.92 Å². The first-order valence-corrected chi connectivity index (χ1v) is 8.63. The summed E-state index contributed by atoms with van der Waals surface area (Å²) in [6.07, 6.45) is 1.60. The molecule has 0 spiro atoms. The highest BCUT2D eigenvalue weighted by atomic mass is 32.2. The molecule has 0 saturated heterocycles. The summed E-state index contributed by atoms with van der Waals surface area (Å²) in [5, 5.41) is 15.6. The van der Waals surface area contributed by atoms with Crippen molar-refractivity contribution in [1.29, 1.82) is 0 Å². The van der Waals surface area contributed by atoms with Gasteiger partial charge in [0.1, 0.15) is 5.37 Å². The Bertz CT molecular complexity index is 680. The summed E-state index contributed by atoms with van der Waals surface area (Å²) in [5.74, 6) is 1.05. The van der Waals surface area contributed by atoms with Crippen molar-refractivity contribution in [2.24, 2.45) is 16.5 Å². The number of anilines is 1. The third kappa shape index (κ3) is 4.60. The van der Waals surface area contributed by atoms with E-state index in [4.69, 9.17) is 11.5 Å². The largest absolute Gasteiger partial charge is 0.370 e. The Kier molecular flexibility index (Phi) is 5.82. The van der Waals surface area contributed by atoms with Crippen LogP contribution in [0.3, 0.4) is 0 Å². The van der Waals surface area contributed by atoms with Gasteiger partial charge in [0, 0.05) is 29.4 Å². The molecule has 2 heterocycles. The Morgan fingerprint density at radius 2 is 2.43 bits per heavy atom. The molecule has 0 aromatic carbocycles. The minimum atomic E-state index is -0.404. The molecular weight excluding hydrogens is 338 g/mol. The van der Waals surface area contributed by atoms with Crippen LogP contribution in [-0.2, 0) is 0 Å². The van der Waals surface area contributed by atoms with Gasteiger partial charge in [0.05, 0.1) is 16.1 Å². The van der Waals surface area contributed by atoms with Crippen LogP contribution in [-0.4, -0.2) is 33.1 Å². The van der Waals surface area contributed by atoms with Crippen LogP contribution < -0.4 is 16.8 Å². The molecule has 0 aliphatic carbocycles. The Morgan fingerprint density at radius 1 is 1.65 bits per heavy atom. The molecule has 1 atom stereocenters. The Balaban J connectivity index is 1.91. The number of aromatic nitrogens is 2. The summed E-state index contributed by atoms with van der Waals surface area (Å²) in [6, 6.07) is 0. The molecule has 0 radical (unpaired) electrons. The summed E-state index contributed by atoms with van der Waals surface area (Å²) in [7, 11) is 0. The average molecular weight is 355 g/mol. The van der Waals surface area contributed by atoms with Crippen LogP contribution in [0, 0.1) is 17.0 Å². The van der Waals surface area contributed by atoms with Gasteiger partial charge in [-0.05, 0) is 6.92 Å². The van der Waals surface area contributed by atoms with Gasteiger partial charge in [0.25, 0.3) is 0 Å². The van der Waals surface area contributed by atoms with E-state index >= 15 is 0 Å². The van der Waals surface area contributed by atoms with Gasteiger partial charge in [-0.15, -0.1) is 23.1 Å². The molecule has 6 N–H and O–H groups in total. The quantitative estimate of drug-likeness (QED) is 0.185. The highest BCUT2D eigenvalue weighted by molar-refractivity contribution is 7.99. The summed E-state index contributed by atoms with van der Waals surface area (Å²) in [5.41, 5.74) is 14.0. The molecule has 23 heavy (non-hydrogen) atoms. The van der Waals surface area contributed by atoms with Crippen molar-refractivity contribution >= 4 is 40.6 Å². The third-order valence-corrected chi connectivity index (χ3v) is 4.58. The van der Waals surface area contributed by atoms with Crippen molar-refractivity contribution in [3.63, 3.8) is 0 Å². The highest BCUT2D eigenvalue weighted by Crippen LogP contribution is 2.30. The summed E-state index contributed by atoms with van der Waals surface area (Å²) in [4.78, 5) is 21.8. The second kappa shape index (κ2) is 7.83. The maximum atomic E-state index is 11.0. The number of aliphatic imine (C=N–C) groups is 1. The maximum absolute atomic E-state index is 11.0. The van der Waals surface area contributed by atoms with Gasteiger partial charge in [-0.25, -0.2) is 9.98 Å². The summed E-state index contributed by atoms with van der Waals surface area (Å²) < 4.78 is 0. The second-order valence-electron chi connectivity index (χ2n) is 4.57. The standard InChI is InChI=1S/C12H17N7O2S2/c1-7-4-16-10(9(7)19(20)21)15-2-3-23-11(18-12(13)14)8-5-22-6-17-8/h4-6,11,15-16H,2-3H2,1H3,(H4,13,14,18). The molecule has 0 saturated carbocycles. The molecule has 1 unspecified atom stereocenters. The number of thioether (sulfide) groups is 1. The number of hydrogen-bond acceptors (Lipinski definition) is 7. The van der Waals surface area contributed by atoms with Crippen molar-refractivity contribution in [2.75, 3.05) is 17.6 Å². The van der Waals surface area contributed by atoms with E-state index in [-0.39, 0.29) is 17.0 Å². The first kappa shape index (κ1) is 17.1. The number of thiazole rings is 1. The molecule has 2 aromatic heterocycles. The normalized spacial score (nSPS) is 11.9. The van der Waals surface area contributed by atoms with Crippen LogP contribution in [0.1, 0.15) is 16.6 Å². The molecular formula is C12H17N7O2S2. The minimum absolute atomic E-state index is 0.000843. The number of aromatic amines is 1. The molecule has 0 fully saturated rings. The molecule has 11 heteroatoms. The van der Waals surface area contributed by atoms with Crippen LogP contribution in [0.25, 0.3) is 0 Å². The lowest BCUT2D eigenvalue weighted by Gasteiger charge is -2.10. The number of rotatable bonds is 8. The van der Waals surface area contributed by atoms with Crippen LogP contribution in [0.2, 0.25) is 0 Å². The number of guanidine groups is 1. The van der Waals surface area contributed by atoms with Gasteiger partial charge in [-0.1, -0.05) is 0 Å². The van der Waals surface area contributed by atoms with E-state index in [1.807, 2.05) is 5.38 Å². The van der Waals surface area contributed by atoms with Crippen LogP contribution in [0.5, 0.6) is 0 Å². The number of aryl methyl sites for hydroxylation is 1. The zero-order valence-corrected chi connectivity index (χ0v) is 14.0. The van der Waals surface area contributed by atoms with E-state index in [1.54, 1.807) is 18.6 Å². The fourth-order valence-corrected chi connectivity index (χ4v) is 3.50. The minimum Gasteiger partial charge on any atom is -0.370 e. The van der Waals surface area contributed by atoms with E-state index in [0.717, 1.165) is 5.69 Å². The van der Waals surface area contributed by atoms with Crippen LogP contribution in [0.4, 0.5) is 11.5 Å². The lowest BCUT2D eigenvalue weighted by molar-refractivity contribution is -0.384. The topological polar surface area (TPSA) is 148 Å². The summed E-state index contributed by atoms with van der Waals surface area (Å²) in [6.45, 7) is 2.21. The van der Waals surface area contributed by atoms with E-state index < -0.39 is 4.92 Å². The van der Waals surface area contributed by atoms with Crippen LogP contribution >= 0.6 is 23.1 Å². The van der Waals surface area contributed by atoms with Gasteiger partial charge < -0.3 is 21.8 Å². The first-order valence-electron chi connectivity index (χ1n) is 6.63. The fourth-order valence-electron chi connectivity index (χ4n) is 1.90. The maximum Gasteiger partial charge on any atom is 0.313 e. The molecule has 2 rings (SSSR count). The van der Waals surface area contributed by atoms with Crippen molar-refractivity contribution in [1.82, 2.24) is 9.97 Å². The molecule has 2 aromatic rings. The molecule has 0 amide bonds. The Hall–Kier alpha value is -2.27. The lowest BCUT2D eigenvalue weighted by Crippen LogP contribution is -2.23. The molecule has 124 valence electrons. The predicted octanol–water partition coefficient (Wildman–Crippen LogP) is 1.81. The van der Waals surface area contributed by atoms with E-state index in [9.17, 15) is 10.1 Å². The monoisotopic (exact) mass is 355 g/mol. The first-order chi connectivity index (χ1) is 11.0. The Morgan fingerprint density at radius 3 is 3.04 bits per heavy atom. The highest BCUT2D eigenvalue weighted by Gasteiger charge is 2.19. The number of H-pyrrole nitrogens is 1. The van der Waals surface area contributed by atoms with Gasteiger partial charge in [-0.3, -0.25) is 10.1 Å². The molecule has 0 bridgehead atoms. The number of nitro groups is 1. The Labute approximate surface area is 140 Å². The zero-order chi connectivity index (χ0) is 16.8. The number of hydrogen-bond donors (Lipinski definition) is 4. The van der Waals surface area contributed by atoms with Crippen molar-refractivity contribution in [2.45, 2.75) is 12.3 Å². The lowest BCUT2D eigenvalue weighted by atomic mass is 10.3. The van der Waals surface area contributed by atoms with Crippen molar-refractivity contribution in [3.8, 4) is 0 Å². The molecule has 0 aliphatic heterocycles. The number of nitrogens with zero attached hydrogens (tertiary/aromatic N) is 3. The molecule has 0 aliphatic rings. The van der Waals surface area contributed by atoms with Gasteiger partial charge in [0.2, 0.25) is 0 Å². The van der Waals surface area contributed by atoms with Gasteiger partial charge in [0.15, 0.2) is 11.8 Å². The van der Waals surface area contributed by atoms with E-state index in [2.05, 4.69) is 20.3 Å². The van der Waals surface area contributed by atoms with E-state index in [1.165, 1.54) is 23.1 Å². The fraction of sp³-hybridized carbons (Fsp3) is 0.333. The number of nitrogens with two attached hydrogens (primary N) is 2. The average Bonchev–Trinajstić information content (AvgIpc) is 3.11. The second-order valence-corrected chi connectivity index (χ2v) is 6.48.